The van der Waals surface area contributed by atoms with Gasteiger partial charge in [-0.3, -0.25) is 9.48 Å². The van der Waals surface area contributed by atoms with Crippen LogP contribution in [0.15, 0.2) is 73.2 Å². The SMILES string of the molecule is O=C(Nc1cccc(Cn2cccn2)c1)c1ccn(COc2ccc(F)c(Cl)c2)n1. The molecule has 0 saturated heterocycles. The van der Waals surface area contributed by atoms with Crippen molar-refractivity contribution in [3.63, 3.8) is 0 Å². The largest absolute Gasteiger partial charge is 0.471 e. The highest BCUT2D eigenvalue weighted by atomic mass is 35.5. The third-order valence-electron chi connectivity index (χ3n) is 4.22. The Morgan fingerprint density at radius 2 is 2.00 bits per heavy atom. The Morgan fingerprint density at radius 1 is 1.10 bits per heavy atom. The lowest BCUT2D eigenvalue weighted by Gasteiger charge is -2.08. The van der Waals surface area contributed by atoms with E-state index < -0.39 is 5.82 Å². The number of hydrogen-bond acceptors (Lipinski definition) is 4. The second kappa shape index (κ2) is 8.79. The number of rotatable bonds is 7. The van der Waals surface area contributed by atoms with E-state index in [0.29, 0.717) is 18.0 Å². The van der Waals surface area contributed by atoms with Gasteiger partial charge in [0.1, 0.15) is 11.6 Å². The summed E-state index contributed by atoms with van der Waals surface area (Å²) < 4.78 is 22.0. The molecular formula is C21H17ClFN5O2. The lowest BCUT2D eigenvalue weighted by molar-refractivity contribution is 0.102. The number of nitrogens with zero attached hydrogens (tertiary/aromatic N) is 4. The first kappa shape index (κ1) is 19.7. The van der Waals surface area contributed by atoms with E-state index in [0.717, 1.165) is 5.56 Å². The molecule has 2 aromatic carbocycles. The zero-order chi connectivity index (χ0) is 20.9. The maximum Gasteiger partial charge on any atom is 0.276 e. The molecule has 0 aliphatic rings. The van der Waals surface area contributed by atoms with E-state index >= 15 is 0 Å². The predicted molar refractivity (Wildman–Crippen MR) is 110 cm³/mol. The first-order chi connectivity index (χ1) is 14.6. The minimum Gasteiger partial charge on any atom is -0.471 e. The van der Waals surface area contributed by atoms with E-state index in [1.54, 1.807) is 23.1 Å². The van der Waals surface area contributed by atoms with Crippen LogP contribution in [0.1, 0.15) is 16.1 Å². The number of amides is 1. The topological polar surface area (TPSA) is 74.0 Å². The summed E-state index contributed by atoms with van der Waals surface area (Å²) in [6.07, 6.45) is 5.21. The van der Waals surface area contributed by atoms with Gasteiger partial charge >= 0.3 is 0 Å². The summed E-state index contributed by atoms with van der Waals surface area (Å²) in [6, 6.07) is 15.0. The quantitative estimate of drug-likeness (QED) is 0.481. The number of halogens is 2. The van der Waals surface area contributed by atoms with Crippen LogP contribution in [0.2, 0.25) is 5.02 Å². The zero-order valence-corrected chi connectivity index (χ0v) is 16.5. The van der Waals surface area contributed by atoms with Crippen LogP contribution >= 0.6 is 11.6 Å². The Labute approximate surface area is 176 Å². The molecule has 0 atom stereocenters. The molecule has 2 aromatic heterocycles. The summed E-state index contributed by atoms with van der Waals surface area (Å²) in [4.78, 5) is 12.5. The van der Waals surface area contributed by atoms with Crippen molar-refractivity contribution in [3.8, 4) is 5.75 Å². The van der Waals surface area contributed by atoms with Gasteiger partial charge in [-0.1, -0.05) is 23.7 Å². The maximum absolute atomic E-state index is 13.2. The van der Waals surface area contributed by atoms with Crippen molar-refractivity contribution in [2.24, 2.45) is 0 Å². The number of hydrogen-bond donors (Lipinski definition) is 1. The molecule has 9 heteroatoms. The summed E-state index contributed by atoms with van der Waals surface area (Å²) >= 11 is 5.73. The standard InChI is InChI=1S/C21H17ClFN5O2/c22-18-12-17(5-6-19(18)23)30-14-28-10-7-20(26-28)21(29)25-16-4-1-3-15(11-16)13-27-9-2-8-24-27/h1-12H,13-14H2,(H,25,29). The lowest BCUT2D eigenvalue weighted by atomic mass is 10.2. The number of carbonyl (C=O) groups is 1. The molecule has 0 unspecified atom stereocenters. The zero-order valence-electron chi connectivity index (χ0n) is 15.7. The number of benzene rings is 2. The number of anilines is 1. The molecule has 4 aromatic rings. The van der Waals surface area contributed by atoms with Crippen molar-refractivity contribution in [2.75, 3.05) is 5.32 Å². The number of nitrogens with one attached hydrogen (secondary N) is 1. The monoisotopic (exact) mass is 425 g/mol. The van der Waals surface area contributed by atoms with E-state index in [-0.39, 0.29) is 23.4 Å². The summed E-state index contributed by atoms with van der Waals surface area (Å²) in [5.41, 5.74) is 1.91. The average Bonchev–Trinajstić information content (AvgIpc) is 3.41. The average molecular weight is 426 g/mol. The molecule has 0 radical (unpaired) electrons. The number of ether oxygens (including phenoxy) is 1. The van der Waals surface area contributed by atoms with Crippen LogP contribution in [0.25, 0.3) is 0 Å². The first-order valence-electron chi connectivity index (χ1n) is 9.06. The van der Waals surface area contributed by atoms with E-state index in [1.807, 2.05) is 36.5 Å². The van der Waals surface area contributed by atoms with Crippen LogP contribution in [-0.2, 0) is 13.3 Å². The fraction of sp³-hybridized carbons (Fsp3) is 0.0952. The Bertz CT molecular complexity index is 1160. The molecule has 152 valence electrons. The smallest absolute Gasteiger partial charge is 0.276 e. The van der Waals surface area contributed by atoms with E-state index in [1.165, 1.54) is 22.9 Å². The van der Waals surface area contributed by atoms with Crippen LogP contribution in [0.4, 0.5) is 10.1 Å². The van der Waals surface area contributed by atoms with Gasteiger partial charge in [0.25, 0.3) is 5.91 Å². The molecule has 0 spiro atoms. The predicted octanol–water partition coefficient (Wildman–Crippen LogP) is 4.21. The van der Waals surface area contributed by atoms with Crippen LogP contribution < -0.4 is 10.1 Å². The highest BCUT2D eigenvalue weighted by molar-refractivity contribution is 6.30. The lowest BCUT2D eigenvalue weighted by Crippen LogP contribution is -2.14. The van der Waals surface area contributed by atoms with Crippen LogP contribution in [0.5, 0.6) is 5.75 Å². The summed E-state index contributed by atoms with van der Waals surface area (Å²) in [5, 5.41) is 11.2. The Morgan fingerprint density at radius 3 is 2.80 bits per heavy atom. The molecular weight excluding hydrogens is 409 g/mol. The van der Waals surface area contributed by atoms with Crippen molar-refractivity contribution in [1.82, 2.24) is 19.6 Å². The van der Waals surface area contributed by atoms with Gasteiger partial charge in [0.15, 0.2) is 12.4 Å². The van der Waals surface area contributed by atoms with Gasteiger partial charge in [0.2, 0.25) is 0 Å². The molecule has 0 bridgehead atoms. The van der Waals surface area contributed by atoms with Crippen molar-refractivity contribution in [3.05, 3.63) is 95.3 Å². The molecule has 1 amide bonds. The summed E-state index contributed by atoms with van der Waals surface area (Å²) in [5.74, 6) is -0.456. The maximum atomic E-state index is 13.2. The molecule has 0 aliphatic heterocycles. The molecule has 0 fully saturated rings. The normalized spacial score (nSPS) is 10.7. The minimum absolute atomic E-state index is 0.0252. The van der Waals surface area contributed by atoms with Crippen molar-refractivity contribution >= 4 is 23.2 Å². The number of aromatic nitrogens is 4. The van der Waals surface area contributed by atoms with E-state index in [4.69, 9.17) is 16.3 Å². The van der Waals surface area contributed by atoms with Crippen molar-refractivity contribution in [2.45, 2.75) is 13.3 Å². The molecule has 0 saturated carbocycles. The van der Waals surface area contributed by atoms with E-state index in [2.05, 4.69) is 15.5 Å². The van der Waals surface area contributed by atoms with Crippen molar-refractivity contribution in [1.29, 1.82) is 0 Å². The van der Waals surface area contributed by atoms with Gasteiger partial charge in [-0.25, -0.2) is 9.07 Å². The molecule has 0 aliphatic carbocycles. The molecule has 2 heterocycles. The minimum atomic E-state index is -0.518. The van der Waals surface area contributed by atoms with Crippen molar-refractivity contribution < 1.29 is 13.9 Å². The Balaban J connectivity index is 1.36. The summed E-state index contributed by atoms with van der Waals surface area (Å²) in [6.45, 7) is 0.657. The Hall–Kier alpha value is -3.65. The van der Waals surface area contributed by atoms with Gasteiger partial charge < -0.3 is 10.1 Å². The van der Waals surface area contributed by atoms with Crippen LogP contribution in [0, 0.1) is 5.82 Å². The van der Waals surface area contributed by atoms with Gasteiger partial charge in [-0.2, -0.15) is 10.2 Å². The van der Waals surface area contributed by atoms with Crippen LogP contribution in [0.3, 0.4) is 0 Å². The van der Waals surface area contributed by atoms with Gasteiger partial charge in [-0.05, 0) is 42.0 Å². The fourth-order valence-electron chi connectivity index (χ4n) is 2.79. The summed E-state index contributed by atoms with van der Waals surface area (Å²) in [7, 11) is 0. The molecule has 7 nitrogen and oxygen atoms in total. The second-order valence-corrected chi connectivity index (χ2v) is 6.86. The Kier molecular flexibility index (Phi) is 5.76. The third-order valence-corrected chi connectivity index (χ3v) is 4.51. The fourth-order valence-corrected chi connectivity index (χ4v) is 2.96. The highest BCUT2D eigenvalue weighted by Gasteiger charge is 2.11. The van der Waals surface area contributed by atoms with Gasteiger partial charge in [0.05, 0.1) is 11.6 Å². The van der Waals surface area contributed by atoms with Crippen LogP contribution in [-0.4, -0.2) is 25.5 Å². The molecule has 1 N–H and O–H groups in total. The third kappa shape index (κ3) is 4.84. The van der Waals surface area contributed by atoms with E-state index in [9.17, 15) is 9.18 Å². The highest BCUT2D eigenvalue weighted by Crippen LogP contribution is 2.21. The van der Waals surface area contributed by atoms with Gasteiger partial charge in [-0.15, -0.1) is 0 Å². The molecule has 30 heavy (non-hydrogen) atoms. The van der Waals surface area contributed by atoms with Gasteiger partial charge in [0, 0.05) is 30.3 Å². The molecule has 4 rings (SSSR count). The first-order valence-corrected chi connectivity index (χ1v) is 9.44. The number of carbonyl (C=O) groups excluding carboxylic acids is 1. The second-order valence-electron chi connectivity index (χ2n) is 6.45.